The third-order valence-electron chi connectivity index (χ3n) is 7.02. The molecule has 180 valence electrons. The van der Waals surface area contributed by atoms with Crippen LogP contribution in [0.1, 0.15) is 62.5 Å². The molecule has 1 fully saturated rings. The first-order chi connectivity index (χ1) is 16.5. The maximum atomic E-state index is 12.9. The van der Waals surface area contributed by atoms with Crippen LogP contribution in [0.3, 0.4) is 0 Å². The van der Waals surface area contributed by atoms with Crippen LogP contribution < -0.4 is 10.6 Å². The van der Waals surface area contributed by atoms with Gasteiger partial charge in [0.15, 0.2) is 0 Å². The molecular formula is C27H32N2O5. The summed E-state index contributed by atoms with van der Waals surface area (Å²) in [6.07, 6.45) is 3.59. The molecule has 7 heteroatoms. The van der Waals surface area contributed by atoms with Crippen LogP contribution in [0.5, 0.6) is 0 Å². The van der Waals surface area contributed by atoms with E-state index < -0.39 is 30.1 Å². The van der Waals surface area contributed by atoms with Crippen LogP contribution in [0.25, 0.3) is 11.1 Å². The number of hydrogen-bond acceptors (Lipinski definition) is 4. The average Bonchev–Trinajstić information content (AvgIpc) is 2.97. The van der Waals surface area contributed by atoms with Crippen molar-refractivity contribution in [2.45, 2.75) is 63.5 Å². The molecule has 0 aliphatic heterocycles. The summed E-state index contributed by atoms with van der Waals surface area (Å²) in [6.45, 7) is 1.97. The molecule has 7 nitrogen and oxygen atoms in total. The van der Waals surface area contributed by atoms with Crippen molar-refractivity contribution in [1.82, 2.24) is 10.6 Å². The zero-order valence-electron chi connectivity index (χ0n) is 19.5. The van der Waals surface area contributed by atoms with Crippen LogP contribution in [-0.2, 0) is 14.3 Å². The fourth-order valence-corrected chi connectivity index (χ4v) is 5.19. The number of aliphatic carboxylic acids is 1. The first kappa shape index (κ1) is 23.8. The standard InChI is InChI=1S/C27H32N2O5/c1-2-23(25(30)28-24-15-5-3-4-14-21(24)26(31)32)29-27(33)34-16-22-19-12-8-6-10-17(19)18-11-7-9-13-20(18)22/h6-13,21-24H,2-5,14-16H2,1H3,(H,28,30)(H,29,33)(H,31,32)/t21-,23?,24+/m0/s1. The van der Waals surface area contributed by atoms with E-state index in [-0.39, 0.29) is 18.4 Å². The topological polar surface area (TPSA) is 105 Å². The van der Waals surface area contributed by atoms with Gasteiger partial charge in [-0.1, -0.05) is 74.7 Å². The zero-order valence-corrected chi connectivity index (χ0v) is 19.5. The lowest BCUT2D eigenvalue weighted by Gasteiger charge is -2.25. The van der Waals surface area contributed by atoms with E-state index in [1.807, 2.05) is 24.3 Å². The van der Waals surface area contributed by atoms with Gasteiger partial charge in [-0.05, 0) is 41.5 Å². The number of fused-ring (bicyclic) bond motifs is 3. The molecule has 1 saturated carbocycles. The highest BCUT2D eigenvalue weighted by Gasteiger charge is 2.33. The lowest BCUT2D eigenvalue weighted by molar-refractivity contribution is -0.143. The summed E-state index contributed by atoms with van der Waals surface area (Å²) in [5.41, 5.74) is 4.53. The Morgan fingerprint density at radius 3 is 2.21 bits per heavy atom. The Morgan fingerprint density at radius 1 is 0.971 bits per heavy atom. The molecule has 0 saturated heterocycles. The Balaban J connectivity index is 1.36. The predicted molar refractivity (Wildman–Crippen MR) is 128 cm³/mol. The Kier molecular flexibility index (Phi) is 7.50. The summed E-state index contributed by atoms with van der Waals surface area (Å²) >= 11 is 0. The second-order valence-electron chi connectivity index (χ2n) is 9.13. The van der Waals surface area contributed by atoms with Crippen LogP contribution in [0, 0.1) is 5.92 Å². The molecule has 3 N–H and O–H groups in total. The van der Waals surface area contributed by atoms with Crippen molar-refractivity contribution in [3.8, 4) is 11.1 Å². The molecule has 34 heavy (non-hydrogen) atoms. The Morgan fingerprint density at radius 2 is 1.59 bits per heavy atom. The van der Waals surface area contributed by atoms with Crippen LogP contribution >= 0.6 is 0 Å². The number of benzene rings is 2. The molecule has 2 amide bonds. The van der Waals surface area contributed by atoms with Crippen LogP contribution in [0.4, 0.5) is 4.79 Å². The number of amides is 2. The summed E-state index contributed by atoms with van der Waals surface area (Å²) in [6, 6.07) is 15.0. The molecule has 2 aliphatic carbocycles. The largest absolute Gasteiger partial charge is 0.481 e. The lowest BCUT2D eigenvalue weighted by atomic mass is 9.94. The molecular weight excluding hydrogens is 432 g/mol. The highest BCUT2D eigenvalue weighted by atomic mass is 16.5. The van der Waals surface area contributed by atoms with Crippen molar-refractivity contribution >= 4 is 18.0 Å². The highest BCUT2D eigenvalue weighted by molar-refractivity contribution is 5.86. The van der Waals surface area contributed by atoms with E-state index in [1.165, 1.54) is 0 Å². The molecule has 2 aromatic rings. The van der Waals surface area contributed by atoms with Gasteiger partial charge in [-0.3, -0.25) is 9.59 Å². The summed E-state index contributed by atoms with van der Waals surface area (Å²) in [5.74, 6) is -1.91. The maximum absolute atomic E-state index is 12.9. The number of carboxylic acids is 1. The number of carbonyl (C=O) groups excluding carboxylic acids is 2. The van der Waals surface area contributed by atoms with Gasteiger partial charge < -0.3 is 20.5 Å². The van der Waals surface area contributed by atoms with Gasteiger partial charge in [0.05, 0.1) is 5.92 Å². The number of hydrogen-bond donors (Lipinski definition) is 3. The number of nitrogens with one attached hydrogen (secondary N) is 2. The minimum atomic E-state index is -0.884. The molecule has 0 bridgehead atoms. The van der Waals surface area contributed by atoms with E-state index in [9.17, 15) is 19.5 Å². The highest BCUT2D eigenvalue weighted by Crippen LogP contribution is 2.44. The molecule has 0 aromatic heterocycles. The molecule has 0 radical (unpaired) electrons. The van der Waals surface area contributed by atoms with Gasteiger partial charge in [0, 0.05) is 12.0 Å². The van der Waals surface area contributed by atoms with E-state index >= 15 is 0 Å². The van der Waals surface area contributed by atoms with Crippen molar-refractivity contribution in [3.63, 3.8) is 0 Å². The van der Waals surface area contributed by atoms with Gasteiger partial charge in [0.25, 0.3) is 0 Å². The molecule has 2 aromatic carbocycles. The van der Waals surface area contributed by atoms with Crippen LogP contribution in [-0.4, -0.2) is 41.8 Å². The number of carbonyl (C=O) groups is 3. The molecule has 3 atom stereocenters. The van der Waals surface area contributed by atoms with Crippen LogP contribution in [0.15, 0.2) is 48.5 Å². The zero-order chi connectivity index (χ0) is 24.1. The molecule has 2 aliphatic rings. The van der Waals surface area contributed by atoms with Crippen molar-refractivity contribution in [3.05, 3.63) is 59.7 Å². The predicted octanol–water partition coefficient (Wildman–Crippen LogP) is 4.45. The number of rotatable bonds is 7. The average molecular weight is 465 g/mol. The summed E-state index contributed by atoms with van der Waals surface area (Å²) in [5, 5.41) is 15.1. The fraction of sp³-hybridized carbons (Fsp3) is 0.444. The van der Waals surface area contributed by atoms with E-state index in [0.29, 0.717) is 19.3 Å². The summed E-state index contributed by atoms with van der Waals surface area (Å²) in [4.78, 5) is 37.1. The lowest BCUT2D eigenvalue weighted by Crippen LogP contribution is -2.52. The molecule has 0 heterocycles. The Hall–Kier alpha value is -3.35. The van der Waals surface area contributed by atoms with E-state index in [4.69, 9.17) is 4.74 Å². The van der Waals surface area contributed by atoms with Crippen molar-refractivity contribution in [2.75, 3.05) is 6.61 Å². The molecule has 1 unspecified atom stereocenters. The first-order valence-corrected chi connectivity index (χ1v) is 12.1. The van der Waals surface area contributed by atoms with Crippen LogP contribution in [0.2, 0.25) is 0 Å². The van der Waals surface area contributed by atoms with Gasteiger partial charge in [0.1, 0.15) is 12.6 Å². The minimum Gasteiger partial charge on any atom is -0.481 e. The quantitative estimate of drug-likeness (QED) is 0.525. The molecule has 0 spiro atoms. The molecule has 4 rings (SSSR count). The van der Waals surface area contributed by atoms with Crippen molar-refractivity contribution < 1.29 is 24.2 Å². The van der Waals surface area contributed by atoms with Crippen molar-refractivity contribution in [2.24, 2.45) is 5.92 Å². The van der Waals surface area contributed by atoms with Gasteiger partial charge in [-0.15, -0.1) is 0 Å². The third-order valence-corrected chi connectivity index (χ3v) is 7.02. The maximum Gasteiger partial charge on any atom is 0.407 e. The fourth-order valence-electron chi connectivity index (χ4n) is 5.19. The van der Waals surface area contributed by atoms with E-state index in [2.05, 4.69) is 34.9 Å². The van der Waals surface area contributed by atoms with E-state index in [1.54, 1.807) is 6.92 Å². The van der Waals surface area contributed by atoms with Crippen molar-refractivity contribution in [1.29, 1.82) is 0 Å². The number of ether oxygens (including phenoxy) is 1. The van der Waals surface area contributed by atoms with Gasteiger partial charge >= 0.3 is 12.1 Å². The minimum absolute atomic E-state index is 0.0608. The first-order valence-electron chi connectivity index (χ1n) is 12.1. The smallest absolute Gasteiger partial charge is 0.407 e. The summed E-state index contributed by atoms with van der Waals surface area (Å²) in [7, 11) is 0. The van der Waals surface area contributed by atoms with E-state index in [0.717, 1.165) is 41.5 Å². The number of carboxylic acid groups (broad SMARTS) is 1. The SMILES string of the molecule is CCC(NC(=O)OCC1c2ccccc2-c2ccccc21)C(=O)N[C@@H]1CCCCC[C@@H]1C(=O)O. The third kappa shape index (κ3) is 5.08. The van der Waals surface area contributed by atoms with Gasteiger partial charge in [0.2, 0.25) is 5.91 Å². The Bertz CT molecular complexity index is 1010. The normalized spacial score (nSPS) is 20.4. The van der Waals surface area contributed by atoms with Gasteiger partial charge in [-0.25, -0.2) is 4.79 Å². The monoisotopic (exact) mass is 464 g/mol. The Labute approximate surface area is 199 Å². The second-order valence-corrected chi connectivity index (χ2v) is 9.13. The number of alkyl carbamates (subject to hydrolysis) is 1. The summed E-state index contributed by atoms with van der Waals surface area (Å²) < 4.78 is 5.57. The van der Waals surface area contributed by atoms with Gasteiger partial charge in [-0.2, -0.15) is 0 Å². The second kappa shape index (κ2) is 10.7.